The van der Waals surface area contributed by atoms with Crippen LogP contribution >= 0.6 is 11.3 Å². The maximum Gasteiger partial charge on any atom is 0.259 e. The normalized spacial score (nSPS) is 11.1. The maximum atomic E-state index is 13.6. The number of carbonyl (C=O) groups excluding carboxylic acids is 1. The van der Waals surface area contributed by atoms with Gasteiger partial charge in [0.25, 0.3) is 11.6 Å². The molecule has 0 N–H and O–H groups in total. The van der Waals surface area contributed by atoms with Crippen molar-refractivity contribution >= 4 is 28.3 Å². The van der Waals surface area contributed by atoms with Crippen LogP contribution in [0, 0.1) is 20.8 Å². The van der Waals surface area contributed by atoms with Crippen molar-refractivity contribution in [2.24, 2.45) is 0 Å². The maximum absolute atomic E-state index is 13.6. The van der Waals surface area contributed by atoms with E-state index in [4.69, 9.17) is 8.94 Å². The van der Waals surface area contributed by atoms with Gasteiger partial charge in [0.2, 0.25) is 0 Å². The van der Waals surface area contributed by atoms with Gasteiger partial charge in [-0.2, -0.15) is 0 Å². The van der Waals surface area contributed by atoms with E-state index in [0.29, 0.717) is 41.1 Å². The van der Waals surface area contributed by atoms with Crippen LogP contribution in [0.3, 0.4) is 0 Å². The molecule has 29 heavy (non-hydrogen) atoms. The predicted octanol–water partition coefficient (Wildman–Crippen LogP) is 5.30. The van der Waals surface area contributed by atoms with Gasteiger partial charge in [-0.1, -0.05) is 17.3 Å². The minimum absolute atomic E-state index is 0.115. The summed E-state index contributed by atoms with van der Waals surface area (Å²) in [5.74, 6) is 1.41. The summed E-state index contributed by atoms with van der Waals surface area (Å²) >= 11 is 1.62. The molecule has 0 saturated carbocycles. The third kappa shape index (κ3) is 3.61. The highest BCUT2D eigenvalue weighted by molar-refractivity contribution is 7.09. The van der Waals surface area contributed by atoms with Crippen molar-refractivity contribution in [2.75, 3.05) is 6.54 Å². The van der Waals surface area contributed by atoms with Crippen LogP contribution in [0.1, 0.15) is 32.4 Å². The second kappa shape index (κ2) is 7.67. The van der Waals surface area contributed by atoms with E-state index in [1.54, 1.807) is 28.4 Å². The van der Waals surface area contributed by atoms with E-state index < -0.39 is 0 Å². The van der Waals surface area contributed by atoms with Crippen LogP contribution in [0.5, 0.6) is 0 Å². The van der Waals surface area contributed by atoms with Crippen LogP contribution in [-0.4, -0.2) is 27.5 Å². The van der Waals surface area contributed by atoms with Gasteiger partial charge in [-0.15, -0.1) is 17.9 Å². The fraction of sp³-hybridized carbons (Fsp3) is 0.227. The minimum atomic E-state index is -0.115. The molecule has 0 spiro atoms. The molecule has 0 aliphatic heterocycles. The number of fused-ring (bicyclic) bond motifs is 1. The van der Waals surface area contributed by atoms with E-state index in [1.807, 2.05) is 44.4 Å². The molecule has 1 amide bonds. The van der Waals surface area contributed by atoms with Gasteiger partial charge >= 0.3 is 0 Å². The molecule has 0 aliphatic rings. The largest absolute Gasteiger partial charge is 0.466 e. The molecule has 7 heteroatoms. The number of rotatable bonds is 6. The first-order valence-corrected chi connectivity index (χ1v) is 10.1. The second-order valence-electron chi connectivity index (χ2n) is 6.88. The Morgan fingerprint density at radius 3 is 2.79 bits per heavy atom. The second-order valence-corrected chi connectivity index (χ2v) is 7.92. The molecule has 6 nitrogen and oxygen atoms in total. The fourth-order valence-electron chi connectivity index (χ4n) is 3.42. The first-order chi connectivity index (χ1) is 14.0. The molecule has 4 aromatic heterocycles. The Hall–Kier alpha value is -3.19. The molecule has 0 aromatic carbocycles. The summed E-state index contributed by atoms with van der Waals surface area (Å²) < 4.78 is 11.1. The molecule has 0 aliphatic carbocycles. The smallest absolute Gasteiger partial charge is 0.259 e. The SMILES string of the molecule is C=CCN(Cc1cccs1)C(=O)c1cc(-c2cc(C)oc2C)nc2onc(C)c12. The third-order valence-electron chi connectivity index (χ3n) is 4.73. The van der Waals surface area contributed by atoms with E-state index in [1.165, 1.54) is 0 Å². The monoisotopic (exact) mass is 407 g/mol. The summed E-state index contributed by atoms with van der Waals surface area (Å²) in [6.45, 7) is 10.3. The van der Waals surface area contributed by atoms with Crippen molar-refractivity contribution < 1.29 is 13.7 Å². The van der Waals surface area contributed by atoms with Crippen LogP contribution in [0.4, 0.5) is 0 Å². The Balaban J connectivity index is 1.84. The van der Waals surface area contributed by atoms with Gasteiger partial charge in [-0.25, -0.2) is 4.98 Å². The van der Waals surface area contributed by atoms with Crippen molar-refractivity contribution in [1.82, 2.24) is 15.0 Å². The van der Waals surface area contributed by atoms with E-state index in [-0.39, 0.29) is 5.91 Å². The molecular weight excluding hydrogens is 386 g/mol. The zero-order valence-electron chi connectivity index (χ0n) is 16.6. The Kier molecular flexibility index (Phi) is 5.07. The number of nitrogens with zero attached hydrogens (tertiary/aromatic N) is 3. The topological polar surface area (TPSA) is 72.4 Å². The lowest BCUT2D eigenvalue weighted by molar-refractivity contribution is 0.0766. The third-order valence-corrected chi connectivity index (χ3v) is 5.59. The summed E-state index contributed by atoms with van der Waals surface area (Å²) in [6.07, 6.45) is 1.73. The standard InChI is InChI=1S/C22H21N3O3S/c1-5-8-25(12-16-7-6-9-29-16)22(26)18-11-19(17-10-13(2)27-15(17)4)23-21-20(18)14(3)24-28-21/h5-7,9-11H,1,8,12H2,2-4H3. The van der Waals surface area contributed by atoms with Crippen molar-refractivity contribution in [3.8, 4) is 11.3 Å². The van der Waals surface area contributed by atoms with Crippen molar-refractivity contribution in [1.29, 1.82) is 0 Å². The minimum Gasteiger partial charge on any atom is -0.466 e. The number of amides is 1. The van der Waals surface area contributed by atoms with Gasteiger partial charge in [0.05, 0.1) is 28.9 Å². The zero-order chi connectivity index (χ0) is 20.5. The summed E-state index contributed by atoms with van der Waals surface area (Å²) in [4.78, 5) is 21.0. The number of thiophene rings is 1. The summed E-state index contributed by atoms with van der Waals surface area (Å²) in [5, 5.41) is 6.67. The summed E-state index contributed by atoms with van der Waals surface area (Å²) in [6, 6.07) is 7.71. The highest BCUT2D eigenvalue weighted by atomic mass is 32.1. The highest BCUT2D eigenvalue weighted by Gasteiger charge is 2.24. The first kappa shape index (κ1) is 19.1. The van der Waals surface area contributed by atoms with Crippen molar-refractivity contribution in [2.45, 2.75) is 27.3 Å². The molecule has 0 bridgehead atoms. The number of hydrogen-bond donors (Lipinski definition) is 0. The number of aromatic nitrogens is 2. The van der Waals surface area contributed by atoms with Gasteiger partial charge in [-0.3, -0.25) is 4.79 Å². The lowest BCUT2D eigenvalue weighted by Crippen LogP contribution is -2.30. The van der Waals surface area contributed by atoms with Crippen LogP contribution in [0.2, 0.25) is 0 Å². The van der Waals surface area contributed by atoms with Gasteiger partial charge in [0.15, 0.2) is 0 Å². The van der Waals surface area contributed by atoms with E-state index >= 15 is 0 Å². The Labute approximate surface area is 172 Å². The fourth-order valence-corrected chi connectivity index (χ4v) is 4.14. The molecule has 0 saturated heterocycles. The highest BCUT2D eigenvalue weighted by Crippen LogP contribution is 2.31. The molecule has 4 aromatic rings. The van der Waals surface area contributed by atoms with Gasteiger partial charge < -0.3 is 13.8 Å². The quantitative estimate of drug-likeness (QED) is 0.406. The number of carbonyl (C=O) groups is 1. The molecule has 0 atom stereocenters. The Bertz CT molecular complexity index is 1190. The molecule has 0 fully saturated rings. The van der Waals surface area contributed by atoms with Gasteiger partial charge in [0, 0.05) is 17.0 Å². The number of hydrogen-bond acceptors (Lipinski definition) is 6. The van der Waals surface area contributed by atoms with Crippen molar-refractivity contribution in [3.05, 3.63) is 70.0 Å². The molecule has 4 heterocycles. The summed E-state index contributed by atoms with van der Waals surface area (Å²) in [5.41, 5.74) is 2.95. The van der Waals surface area contributed by atoms with E-state index in [2.05, 4.69) is 16.7 Å². The number of furan rings is 1. The Morgan fingerprint density at radius 2 is 2.14 bits per heavy atom. The van der Waals surface area contributed by atoms with Crippen molar-refractivity contribution in [3.63, 3.8) is 0 Å². The van der Waals surface area contributed by atoms with Gasteiger partial charge in [-0.05, 0) is 44.4 Å². The van der Waals surface area contributed by atoms with Crippen LogP contribution in [0.25, 0.3) is 22.4 Å². The average Bonchev–Trinajstić information content (AvgIpc) is 3.41. The van der Waals surface area contributed by atoms with E-state index in [0.717, 1.165) is 22.0 Å². The van der Waals surface area contributed by atoms with Gasteiger partial charge in [0.1, 0.15) is 11.5 Å². The Morgan fingerprint density at radius 1 is 1.31 bits per heavy atom. The zero-order valence-corrected chi connectivity index (χ0v) is 17.4. The lowest BCUT2D eigenvalue weighted by Gasteiger charge is -2.21. The summed E-state index contributed by atoms with van der Waals surface area (Å²) in [7, 11) is 0. The van der Waals surface area contributed by atoms with Crippen LogP contribution < -0.4 is 0 Å². The van der Waals surface area contributed by atoms with Crippen LogP contribution in [-0.2, 0) is 6.54 Å². The average molecular weight is 407 g/mol. The predicted molar refractivity (Wildman–Crippen MR) is 113 cm³/mol. The molecule has 4 rings (SSSR count). The molecular formula is C22H21N3O3S. The first-order valence-electron chi connectivity index (χ1n) is 9.25. The number of pyridine rings is 1. The molecule has 148 valence electrons. The molecule has 0 radical (unpaired) electrons. The van der Waals surface area contributed by atoms with Crippen LogP contribution in [0.15, 0.2) is 51.2 Å². The van der Waals surface area contributed by atoms with E-state index in [9.17, 15) is 4.79 Å². The lowest BCUT2D eigenvalue weighted by atomic mass is 10.0. The number of aryl methyl sites for hydroxylation is 3. The molecule has 0 unspecified atom stereocenters.